The summed E-state index contributed by atoms with van der Waals surface area (Å²) in [5.41, 5.74) is 0.949. The average Bonchev–Trinajstić information content (AvgIpc) is 2.81. The zero-order chi connectivity index (χ0) is 11.5. The van der Waals surface area contributed by atoms with Gasteiger partial charge in [0, 0.05) is 17.3 Å². The van der Waals surface area contributed by atoms with E-state index in [4.69, 9.17) is 0 Å². The molecule has 0 saturated heterocycles. The largest absolute Gasteiger partial charge is 0.478 e. The molecular weight excluding hydrogens is 224 g/mol. The zero-order valence-electron chi connectivity index (χ0n) is 8.62. The Labute approximate surface area is 96.9 Å². The Morgan fingerprint density at radius 3 is 2.88 bits per heavy atom. The molecule has 5 heteroatoms. The van der Waals surface area contributed by atoms with E-state index in [9.17, 15) is 9.90 Å². The van der Waals surface area contributed by atoms with Crippen LogP contribution < -0.4 is 0 Å². The van der Waals surface area contributed by atoms with Crippen LogP contribution >= 0.6 is 11.8 Å². The van der Waals surface area contributed by atoms with Gasteiger partial charge in [0.05, 0.1) is 17.6 Å². The maximum Gasteiger partial charge on any atom is 0.338 e. The van der Waals surface area contributed by atoms with Crippen molar-refractivity contribution < 1.29 is 9.90 Å². The molecule has 0 fully saturated rings. The molecule has 16 heavy (non-hydrogen) atoms. The fraction of sp³-hybridized carbons (Fsp3) is 0.0909. The Hall–Kier alpha value is -1.75. The first kappa shape index (κ1) is 10.8. The maximum atomic E-state index is 11.2. The molecule has 1 heterocycles. The normalized spacial score (nSPS) is 10.3. The number of rotatable bonds is 3. The van der Waals surface area contributed by atoms with E-state index < -0.39 is 5.97 Å². The van der Waals surface area contributed by atoms with Crippen LogP contribution in [0.15, 0.2) is 41.8 Å². The molecule has 1 N–H and O–H groups in total. The molecule has 1 aromatic carbocycles. The van der Waals surface area contributed by atoms with Crippen LogP contribution in [0.3, 0.4) is 0 Å². The van der Waals surface area contributed by atoms with Crippen molar-refractivity contribution in [2.24, 2.45) is 0 Å². The van der Waals surface area contributed by atoms with Crippen molar-refractivity contribution in [3.8, 4) is 5.69 Å². The molecule has 0 spiro atoms. The van der Waals surface area contributed by atoms with Gasteiger partial charge >= 0.3 is 5.97 Å². The van der Waals surface area contributed by atoms with E-state index in [-0.39, 0.29) is 0 Å². The average molecular weight is 234 g/mol. The molecule has 0 unspecified atom stereocenters. The van der Waals surface area contributed by atoms with Crippen LogP contribution in [-0.2, 0) is 0 Å². The molecule has 0 aliphatic carbocycles. The van der Waals surface area contributed by atoms with Gasteiger partial charge in [-0.1, -0.05) is 6.07 Å². The van der Waals surface area contributed by atoms with Gasteiger partial charge in [-0.25, -0.2) is 9.78 Å². The van der Waals surface area contributed by atoms with Gasteiger partial charge in [0.25, 0.3) is 0 Å². The third kappa shape index (κ3) is 1.81. The summed E-state index contributed by atoms with van der Waals surface area (Å²) in [5.74, 6) is -0.923. The minimum atomic E-state index is -0.923. The summed E-state index contributed by atoms with van der Waals surface area (Å²) in [6.07, 6.45) is 6.80. The Bertz CT molecular complexity index is 509. The molecular formula is C11H10N2O2S. The molecule has 0 atom stereocenters. The van der Waals surface area contributed by atoms with Crippen molar-refractivity contribution in [3.63, 3.8) is 0 Å². The van der Waals surface area contributed by atoms with Crippen LogP contribution in [0.25, 0.3) is 5.69 Å². The lowest BCUT2D eigenvalue weighted by molar-refractivity contribution is 0.0693. The number of imidazole rings is 1. The smallest absolute Gasteiger partial charge is 0.338 e. The second-order valence-corrected chi connectivity index (χ2v) is 3.98. The predicted molar refractivity (Wildman–Crippen MR) is 62.3 cm³/mol. The van der Waals surface area contributed by atoms with Crippen LogP contribution in [-0.4, -0.2) is 26.9 Å². The lowest BCUT2D eigenvalue weighted by Gasteiger charge is -2.10. The maximum absolute atomic E-state index is 11.2. The highest BCUT2D eigenvalue weighted by Gasteiger charge is 2.15. The monoisotopic (exact) mass is 234 g/mol. The van der Waals surface area contributed by atoms with Gasteiger partial charge in [0.1, 0.15) is 0 Å². The van der Waals surface area contributed by atoms with Gasteiger partial charge < -0.3 is 9.67 Å². The molecule has 2 aromatic rings. The number of benzene rings is 1. The van der Waals surface area contributed by atoms with E-state index in [1.54, 1.807) is 35.4 Å². The molecule has 0 aliphatic heterocycles. The summed E-state index contributed by atoms with van der Waals surface area (Å²) < 4.78 is 1.70. The number of carbonyl (C=O) groups is 1. The summed E-state index contributed by atoms with van der Waals surface area (Å²) in [6, 6.07) is 5.41. The minimum absolute atomic E-state index is 0.313. The lowest BCUT2D eigenvalue weighted by Crippen LogP contribution is -2.05. The van der Waals surface area contributed by atoms with Gasteiger partial charge in [-0.2, -0.15) is 0 Å². The molecule has 1 aromatic heterocycles. The quantitative estimate of drug-likeness (QED) is 0.828. The summed E-state index contributed by atoms with van der Waals surface area (Å²) >= 11 is 1.42. The molecule has 0 aliphatic rings. The number of aromatic nitrogens is 2. The third-order valence-corrected chi connectivity index (χ3v) is 3.00. The second kappa shape index (κ2) is 4.40. The first-order chi connectivity index (χ1) is 7.74. The summed E-state index contributed by atoms with van der Waals surface area (Å²) in [5, 5.41) is 9.23. The minimum Gasteiger partial charge on any atom is -0.478 e. The highest BCUT2D eigenvalue weighted by molar-refractivity contribution is 7.98. The fourth-order valence-corrected chi connectivity index (χ4v) is 2.13. The molecule has 4 nitrogen and oxygen atoms in total. The Morgan fingerprint density at radius 2 is 2.31 bits per heavy atom. The first-order valence-corrected chi connectivity index (χ1v) is 5.85. The van der Waals surface area contributed by atoms with E-state index in [1.807, 2.05) is 12.3 Å². The number of hydrogen-bond acceptors (Lipinski definition) is 3. The lowest BCUT2D eigenvalue weighted by atomic mass is 10.2. The number of thioether (sulfide) groups is 1. The van der Waals surface area contributed by atoms with Crippen molar-refractivity contribution in [2.45, 2.75) is 4.90 Å². The molecule has 0 bridgehead atoms. The second-order valence-electron chi connectivity index (χ2n) is 3.13. The van der Waals surface area contributed by atoms with Gasteiger partial charge in [0.2, 0.25) is 0 Å². The summed E-state index contributed by atoms with van der Waals surface area (Å²) in [7, 11) is 0. The number of hydrogen-bond donors (Lipinski definition) is 1. The number of nitrogens with zero attached hydrogens (tertiary/aromatic N) is 2. The van der Waals surface area contributed by atoms with Crippen molar-refractivity contribution in [1.82, 2.24) is 9.55 Å². The van der Waals surface area contributed by atoms with E-state index in [0.29, 0.717) is 11.3 Å². The van der Waals surface area contributed by atoms with Gasteiger partial charge in [-0.3, -0.25) is 0 Å². The van der Waals surface area contributed by atoms with Gasteiger partial charge in [-0.15, -0.1) is 11.8 Å². The highest BCUT2D eigenvalue weighted by Crippen LogP contribution is 2.25. The van der Waals surface area contributed by atoms with Crippen LogP contribution in [0.5, 0.6) is 0 Å². The first-order valence-electron chi connectivity index (χ1n) is 4.62. The van der Waals surface area contributed by atoms with Crippen molar-refractivity contribution >= 4 is 17.7 Å². The van der Waals surface area contributed by atoms with Crippen molar-refractivity contribution in [2.75, 3.05) is 6.26 Å². The standard InChI is InChI=1S/C11H10N2O2S/c1-16-9-4-2-3-8(10(9)11(14)15)13-6-5-12-7-13/h2-7H,1H3,(H,14,15). The van der Waals surface area contributed by atoms with Crippen molar-refractivity contribution in [1.29, 1.82) is 0 Å². The van der Waals surface area contributed by atoms with Crippen LogP contribution in [0.4, 0.5) is 0 Å². The Morgan fingerprint density at radius 1 is 1.50 bits per heavy atom. The van der Waals surface area contributed by atoms with E-state index in [1.165, 1.54) is 11.8 Å². The Balaban J connectivity index is 2.65. The molecule has 0 amide bonds. The van der Waals surface area contributed by atoms with E-state index >= 15 is 0 Å². The highest BCUT2D eigenvalue weighted by atomic mass is 32.2. The van der Waals surface area contributed by atoms with Crippen LogP contribution in [0.2, 0.25) is 0 Å². The van der Waals surface area contributed by atoms with E-state index in [2.05, 4.69) is 4.98 Å². The van der Waals surface area contributed by atoms with Gasteiger partial charge in [0.15, 0.2) is 0 Å². The van der Waals surface area contributed by atoms with Gasteiger partial charge in [-0.05, 0) is 18.4 Å². The van der Waals surface area contributed by atoms with Crippen molar-refractivity contribution in [3.05, 3.63) is 42.5 Å². The third-order valence-electron chi connectivity index (χ3n) is 2.22. The van der Waals surface area contributed by atoms with Crippen LogP contribution in [0, 0.1) is 0 Å². The Kier molecular flexibility index (Phi) is 2.96. The summed E-state index contributed by atoms with van der Waals surface area (Å²) in [4.78, 5) is 15.9. The number of carboxylic acids is 1. The van der Waals surface area contributed by atoms with Crippen LogP contribution in [0.1, 0.15) is 10.4 Å². The van der Waals surface area contributed by atoms with E-state index in [0.717, 1.165) is 4.90 Å². The molecule has 0 radical (unpaired) electrons. The number of carboxylic acid groups (broad SMARTS) is 1. The summed E-state index contributed by atoms with van der Waals surface area (Å²) in [6.45, 7) is 0. The number of aromatic carboxylic acids is 1. The predicted octanol–water partition coefficient (Wildman–Crippen LogP) is 2.29. The molecule has 2 rings (SSSR count). The topological polar surface area (TPSA) is 55.1 Å². The fourth-order valence-electron chi connectivity index (χ4n) is 1.52. The SMILES string of the molecule is CSc1cccc(-n2ccnc2)c1C(=O)O. The molecule has 0 saturated carbocycles. The zero-order valence-corrected chi connectivity index (χ0v) is 9.44. The molecule has 82 valence electrons.